The Labute approximate surface area is 124 Å². The summed E-state index contributed by atoms with van der Waals surface area (Å²) in [7, 11) is 0. The minimum Gasteiger partial charge on any atom is -0.375 e. The fourth-order valence-electron chi connectivity index (χ4n) is 1.36. The number of anilines is 2. The Hall–Kier alpha value is -1.24. The van der Waals surface area contributed by atoms with Crippen LogP contribution in [0.4, 0.5) is 10.8 Å². The zero-order valence-electron chi connectivity index (χ0n) is 9.93. The molecule has 2 aromatic rings. The molecule has 0 saturated carbocycles. The van der Waals surface area contributed by atoms with Crippen molar-refractivity contribution in [3.63, 3.8) is 0 Å². The Bertz CT molecular complexity index is 574. The number of hydrogen-bond acceptors (Lipinski definition) is 5. The minimum atomic E-state index is -0.0573. The number of nitrogens with one attached hydrogen (secondary N) is 1. The Kier molecular flexibility index (Phi) is 5.07. The molecule has 0 fully saturated rings. The summed E-state index contributed by atoms with van der Waals surface area (Å²) in [6.45, 7) is 0. The van der Waals surface area contributed by atoms with Gasteiger partial charge in [-0.2, -0.15) is 0 Å². The molecule has 19 heavy (non-hydrogen) atoms. The molecule has 2 rings (SSSR count). The van der Waals surface area contributed by atoms with E-state index in [1.807, 2.05) is 12.1 Å². The summed E-state index contributed by atoms with van der Waals surface area (Å²) < 4.78 is 1.02. The zero-order valence-corrected chi connectivity index (χ0v) is 12.3. The van der Waals surface area contributed by atoms with Crippen molar-refractivity contribution >= 4 is 51.4 Å². The van der Waals surface area contributed by atoms with Crippen LogP contribution in [-0.4, -0.2) is 16.6 Å². The Morgan fingerprint density at radius 1 is 1.47 bits per heavy atom. The molecule has 1 aromatic heterocycles. The molecule has 4 nitrogen and oxygen atoms in total. The number of nitrogen functional groups attached to an aromatic ring is 1. The molecule has 0 aliphatic heterocycles. The first kappa shape index (κ1) is 14.2. The van der Waals surface area contributed by atoms with Crippen molar-refractivity contribution in [3.05, 3.63) is 35.5 Å². The standard InChI is InChI=1S/C12H12ClN3OS2/c13-8-3-1-2-4-9(8)16-10(17)5-6-18-11-7-15-12(14)19-11/h1-4,7H,5-6H2,(H2,14,15)(H,16,17). The molecule has 0 radical (unpaired) electrons. The van der Waals surface area contributed by atoms with E-state index in [4.69, 9.17) is 17.3 Å². The number of rotatable bonds is 5. The SMILES string of the molecule is Nc1ncc(SCCC(=O)Nc2ccccc2Cl)s1. The number of benzene rings is 1. The number of amides is 1. The number of thiazole rings is 1. The fourth-order valence-corrected chi connectivity index (χ4v) is 3.32. The largest absolute Gasteiger partial charge is 0.375 e. The molecule has 0 bridgehead atoms. The molecule has 100 valence electrons. The van der Waals surface area contributed by atoms with Crippen LogP contribution in [0.5, 0.6) is 0 Å². The smallest absolute Gasteiger partial charge is 0.225 e. The van der Waals surface area contributed by atoms with Crippen LogP contribution in [0.25, 0.3) is 0 Å². The number of para-hydroxylation sites is 1. The Balaban J connectivity index is 1.77. The maximum atomic E-state index is 11.7. The third kappa shape index (κ3) is 4.41. The van der Waals surface area contributed by atoms with Gasteiger partial charge < -0.3 is 11.1 Å². The van der Waals surface area contributed by atoms with Gasteiger partial charge in [-0.1, -0.05) is 35.1 Å². The first-order valence-corrected chi connectivity index (χ1v) is 7.71. The van der Waals surface area contributed by atoms with Gasteiger partial charge in [-0.25, -0.2) is 4.98 Å². The monoisotopic (exact) mass is 313 g/mol. The average Bonchev–Trinajstić information content (AvgIpc) is 2.78. The second kappa shape index (κ2) is 6.79. The van der Waals surface area contributed by atoms with Gasteiger partial charge in [0.05, 0.1) is 21.1 Å². The minimum absolute atomic E-state index is 0.0573. The molecule has 0 unspecified atom stereocenters. The molecule has 1 amide bonds. The van der Waals surface area contributed by atoms with Gasteiger partial charge in [0.2, 0.25) is 5.91 Å². The van der Waals surface area contributed by atoms with Gasteiger partial charge in [0, 0.05) is 12.2 Å². The van der Waals surface area contributed by atoms with Crippen LogP contribution < -0.4 is 11.1 Å². The summed E-state index contributed by atoms with van der Waals surface area (Å²) in [5, 5.41) is 3.87. The van der Waals surface area contributed by atoms with E-state index in [1.165, 1.54) is 11.3 Å². The predicted octanol–water partition coefficient (Wildman–Crippen LogP) is 3.50. The highest BCUT2D eigenvalue weighted by Gasteiger charge is 2.06. The lowest BCUT2D eigenvalue weighted by atomic mass is 10.3. The molecule has 0 aliphatic rings. The maximum Gasteiger partial charge on any atom is 0.225 e. The van der Waals surface area contributed by atoms with Crippen molar-refractivity contribution in [1.82, 2.24) is 4.98 Å². The van der Waals surface area contributed by atoms with Crippen molar-refractivity contribution in [3.8, 4) is 0 Å². The summed E-state index contributed by atoms with van der Waals surface area (Å²) in [5.41, 5.74) is 6.17. The van der Waals surface area contributed by atoms with E-state index in [9.17, 15) is 4.79 Å². The number of halogens is 1. The van der Waals surface area contributed by atoms with Crippen molar-refractivity contribution in [2.45, 2.75) is 10.6 Å². The third-order valence-corrected chi connectivity index (χ3v) is 4.58. The van der Waals surface area contributed by atoms with Crippen LogP contribution in [0.2, 0.25) is 5.02 Å². The highest BCUT2D eigenvalue weighted by molar-refractivity contribution is 8.01. The molecule has 1 heterocycles. The van der Waals surface area contributed by atoms with E-state index >= 15 is 0 Å². The number of carbonyl (C=O) groups is 1. The van der Waals surface area contributed by atoms with Gasteiger partial charge in [-0.05, 0) is 12.1 Å². The van der Waals surface area contributed by atoms with E-state index in [-0.39, 0.29) is 5.91 Å². The van der Waals surface area contributed by atoms with Gasteiger partial charge in [0.1, 0.15) is 0 Å². The van der Waals surface area contributed by atoms with Gasteiger partial charge in [-0.15, -0.1) is 11.8 Å². The maximum absolute atomic E-state index is 11.7. The molecule has 3 N–H and O–H groups in total. The van der Waals surface area contributed by atoms with Gasteiger partial charge >= 0.3 is 0 Å². The van der Waals surface area contributed by atoms with Crippen molar-refractivity contribution in [2.24, 2.45) is 0 Å². The molecule has 7 heteroatoms. The van der Waals surface area contributed by atoms with Crippen LogP contribution in [0.3, 0.4) is 0 Å². The number of nitrogens with two attached hydrogens (primary N) is 1. The van der Waals surface area contributed by atoms with Gasteiger partial charge in [0.25, 0.3) is 0 Å². The van der Waals surface area contributed by atoms with E-state index < -0.39 is 0 Å². The van der Waals surface area contributed by atoms with Crippen LogP contribution in [0.1, 0.15) is 6.42 Å². The van der Waals surface area contributed by atoms with E-state index in [1.54, 1.807) is 30.1 Å². The first-order valence-electron chi connectivity index (χ1n) is 5.53. The number of aromatic nitrogens is 1. The van der Waals surface area contributed by atoms with Crippen molar-refractivity contribution in [2.75, 3.05) is 16.8 Å². The zero-order chi connectivity index (χ0) is 13.7. The number of nitrogens with zero attached hydrogens (tertiary/aromatic N) is 1. The summed E-state index contributed by atoms with van der Waals surface area (Å²) in [6.07, 6.45) is 2.13. The van der Waals surface area contributed by atoms with Gasteiger partial charge in [0.15, 0.2) is 5.13 Å². The average molecular weight is 314 g/mol. The lowest BCUT2D eigenvalue weighted by molar-refractivity contribution is -0.115. The lowest BCUT2D eigenvalue weighted by Gasteiger charge is -2.06. The highest BCUT2D eigenvalue weighted by Crippen LogP contribution is 2.27. The van der Waals surface area contributed by atoms with Crippen LogP contribution in [0, 0.1) is 0 Å². The quantitative estimate of drug-likeness (QED) is 0.829. The Morgan fingerprint density at radius 2 is 2.26 bits per heavy atom. The van der Waals surface area contributed by atoms with Crippen LogP contribution in [0.15, 0.2) is 34.7 Å². The third-order valence-electron chi connectivity index (χ3n) is 2.22. The number of thioether (sulfide) groups is 1. The Morgan fingerprint density at radius 3 is 2.95 bits per heavy atom. The van der Waals surface area contributed by atoms with E-state index in [0.717, 1.165) is 4.21 Å². The summed E-state index contributed by atoms with van der Waals surface area (Å²) in [4.78, 5) is 15.7. The fraction of sp³-hybridized carbons (Fsp3) is 0.167. The lowest BCUT2D eigenvalue weighted by Crippen LogP contribution is -2.12. The summed E-state index contributed by atoms with van der Waals surface area (Å²) in [6, 6.07) is 7.17. The molecular formula is C12H12ClN3OS2. The van der Waals surface area contributed by atoms with Crippen LogP contribution >= 0.6 is 34.7 Å². The molecule has 0 aliphatic carbocycles. The van der Waals surface area contributed by atoms with Crippen molar-refractivity contribution in [1.29, 1.82) is 0 Å². The molecule has 1 aromatic carbocycles. The van der Waals surface area contributed by atoms with Crippen molar-refractivity contribution < 1.29 is 4.79 Å². The van der Waals surface area contributed by atoms with E-state index in [2.05, 4.69) is 10.3 Å². The summed E-state index contributed by atoms with van der Waals surface area (Å²) >= 11 is 8.95. The molecule has 0 atom stereocenters. The molecular weight excluding hydrogens is 302 g/mol. The van der Waals surface area contributed by atoms with Gasteiger partial charge in [-0.3, -0.25) is 4.79 Å². The topological polar surface area (TPSA) is 68.0 Å². The highest BCUT2D eigenvalue weighted by atomic mass is 35.5. The van der Waals surface area contributed by atoms with E-state index in [0.29, 0.717) is 28.0 Å². The molecule has 0 saturated heterocycles. The number of hydrogen-bond donors (Lipinski definition) is 2. The van der Waals surface area contributed by atoms with Crippen LogP contribution in [-0.2, 0) is 4.79 Å². The first-order chi connectivity index (χ1) is 9.15. The summed E-state index contributed by atoms with van der Waals surface area (Å²) in [5.74, 6) is 0.621. The predicted molar refractivity (Wildman–Crippen MR) is 81.9 cm³/mol. The second-order valence-electron chi connectivity index (χ2n) is 3.64. The normalized spacial score (nSPS) is 10.4. The second-order valence-corrected chi connectivity index (χ2v) is 6.51. The molecule has 0 spiro atoms. The number of carbonyl (C=O) groups excluding carboxylic acids is 1.